The summed E-state index contributed by atoms with van der Waals surface area (Å²) < 4.78 is 5.04. The van der Waals surface area contributed by atoms with Gasteiger partial charge in [-0.2, -0.15) is 5.48 Å². The first kappa shape index (κ1) is 15.7. The van der Waals surface area contributed by atoms with Gasteiger partial charge in [-0.05, 0) is 36.8 Å². The average Bonchev–Trinajstić information content (AvgIpc) is 2.45. The minimum Gasteiger partial charge on any atom is -0.497 e. The first-order chi connectivity index (χ1) is 9.58. The largest absolute Gasteiger partial charge is 0.497 e. The fourth-order valence-electron chi connectivity index (χ4n) is 1.57. The fraction of sp³-hybridized carbons (Fsp3) is 0.133. The maximum atomic E-state index is 11.3. The van der Waals surface area contributed by atoms with Crippen LogP contribution in [-0.4, -0.2) is 23.4 Å². The van der Waals surface area contributed by atoms with Crippen molar-refractivity contribution >= 4 is 11.5 Å². The molecule has 0 fully saturated rings. The number of hydrogen-bond donors (Lipinski definition) is 3. The molecular weight excluding hydrogens is 258 g/mol. The van der Waals surface area contributed by atoms with Gasteiger partial charge in [-0.1, -0.05) is 23.8 Å². The summed E-state index contributed by atoms with van der Waals surface area (Å²) in [7, 11) is 1.56. The van der Waals surface area contributed by atoms with E-state index in [1.807, 2.05) is 0 Å². The Morgan fingerprint density at radius 1 is 1.30 bits per heavy atom. The Bertz CT molecular complexity index is 541. The second kappa shape index (κ2) is 7.93. The molecule has 0 atom stereocenters. The molecule has 0 unspecified atom stereocenters. The molecule has 0 aromatic heterocycles. The molecule has 0 saturated carbocycles. The normalized spacial score (nSPS) is 12.8. The summed E-state index contributed by atoms with van der Waals surface area (Å²) in [6, 6.07) is 6.82. The lowest BCUT2D eigenvalue weighted by molar-refractivity contribution is -0.838. The molecule has 1 aromatic rings. The molecule has 0 amide bonds. The molecule has 5 heteroatoms. The number of hydrogen-bond acceptors (Lipinski definition) is 3. The zero-order valence-corrected chi connectivity index (χ0v) is 11.4. The summed E-state index contributed by atoms with van der Waals surface area (Å²) in [5, 5.41) is 17.8. The number of ether oxygens (including phenoxy) is 1. The fourth-order valence-corrected chi connectivity index (χ4v) is 1.57. The predicted molar refractivity (Wildman–Crippen MR) is 75.2 cm³/mol. The van der Waals surface area contributed by atoms with Gasteiger partial charge in [-0.15, -0.1) is 0 Å². The van der Waals surface area contributed by atoms with E-state index in [1.54, 1.807) is 56.5 Å². The molecule has 0 saturated heterocycles. The molecule has 106 valence electrons. The molecule has 20 heavy (non-hydrogen) atoms. The van der Waals surface area contributed by atoms with Crippen LogP contribution in [0, 0.1) is 0 Å². The molecule has 1 aromatic carbocycles. The summed E-state index contributed by atoms with van der Waals surface area (Å²) in [5.41, 5.74) is 2.47. The van der Waals surface area contributed by atoms with Crippen molar-refractivity contribution in [2.45, 2.75) is 6.92 Å². The first-order valence-electron chi connectivity index (χ1n) is 5.99. The summed E-state index contributed by atoms with van der Waals surface area (Å²) in [4.78, 5) is 11.3. The van der Waals surface area contributed by atoms with Crippen molar-refractivity contribution in [1.82, 2.24) is 0 Å². The number of benzene rings is 1. The van der Waals surface area contributed by atoms with E-state index in [9.17, 15) is 9.90 Å². The Labute approximate surface area is 117 Å². The van der Waals surface area contributed by atoms with E-state index >= 15 is 0 Å². The van der Waals surface area contributed by atoms with E-state index in [1.165, 1.54) is 6.20 Å². The zero-order valence-electron chi connectivity index (χ0n) is 11.4. The van der Waals surface area contributed by atoms with Gasteiger partial charge in [-0.25, -0.2) is 10.0 Å². The van der Waals surface area contributed by atoms with Gasteiger partial charge < -0.3 is 9.84 Å². The lowest BCUT2D eigenvalue weighted by Gasteiger charge is -2.05. The van der Waals surface area contributed by atoms with Crippen molar-refractivity contribution in [1.29, 1.82) is 0 Å². The summed E-state index contributed by atoms with van der Waals surface area (Å²) in [5.74, 6) is -0.326. The standard InChI is InChI=1S/C15H17NO4/c1-11(4-3-9-16-19)10-14(15(17)18)12-5-7-13(20-2)8-6-12/h3-10,16,19H,1-2H3,(H,17,18)/p+1/b9-3-,11-4+,14-10+. The van der Waals surface area contributed by atoms with E-state index < -0.39 is 5.97 Å². The maximum absolute atomic E-state index is 11.3. The molecule has 0 aliphatic heterocycles. The number of methoxy groups -OCH3 is 1. The van der Waals surface area contributed by atoms with Crippen molar-refractivity contribution in [3.63, 3.8) is 0 Å². The van der Waals surface area contributed by atoms with E-state index in [-0.39, 0.29) is 5.57 Å². The van der Waals surface area contributed by atoms with Crippen LogP contribution in [-0.2, 0) is 4.79 Å². The van der Waals surface area contributed by atoms with E-state index in [2.05, 4.69) is 0 Å². The molecule has 0 aliphatic rings. The Kier molecular flexibility index (Phi) is 6.22. The van der Waals surface area contributed by atoms with Crippen molar-refractivity contribution in [3.05, 3.63) is 59.8 Å². The monoisotopic (exact) mass is 276 g/mol. The zero-order chi connectivity index (χ0) is 15.0. The highest BCUT2D eigenvalue weighted by atomic mass is 16.5. The molecule has 0 radical (unpaired) electrons. The Balaban J connectivity index is 3.07. The SMILES string of the molecule is COc1ccc(\C(=C/C(C)=C/C=C\[NH2+]O)C(=O)O)cc1. The number of hydroxylamine groups is 1. The van der Waals surface area contributed by atoms with E-state index in [0.29, 0.717) is 11.3 Å². The highest BCUT2D eigenvalue weighted by Crippen LogP contribution is 2.20. The van der Waals surface area contributed by atoms with Crippen LogP contribution < -0.4 is 10.2 Å². The minimum absolute atomic E-state index is 0.197. The number of aliphatic carboxylic acids is 1. The molecule has 0 spiro atoms. The highest BCUT2D eigenvalue weighted by molar-refractivity contribution is 6.15. The van der Waals surface area contributed by atoms with Gasteiger partial charge in [0.05, 0.1) is 12.7 Å². The summed E-state index contributed by atoms with van der Waals surface area (Å²) >= 11 is 0. The van der Waals surface area contributed by atoms with Gasteiger partial charge in [0, 0.05) is 0 Å². The lowest BCUT2D eigenvalue weighted by atomic mass is 10.0. The van der Waals surface area contributed by atoms with Crippen LogP contribution >= 0.6 is 0 Å². The van der Waals surface area contributed by atoms with Gasteiger partial charge in [0.25, 0.3) is 0 Å². The van der Waals surface area contributed by atoms with Gasteiger partial charge >= 0.3 is 5.97 Å². The molecular formula is C15H18NO4+. The van der Waals surface area contributed by atoms with Crippen LogP contribution in [0.2, 0.25) is 0 Å². The molecule has 0 heterocycles. The Morgan fingerprint density at radius 2 is 1.95 bits per heavy atom. The summed E-state index contributed by atoms with van der Waals surface area (Å²) in [6.45, 7) is 1.79. The van der Waals surface area contributed by atoms with Crippen molar-refractivity contribution in [2.75, 3.05) is 7.11 Å². The Hall–Kier alpha value is -2.37. The lowest BCUT2D eigenvalue weighted by Crippen LogP contribution is -2.73. The van der Waals surface area contributed by atoms with Gasteiger partial charge in [-0.3, -0.25) is 0 Å². The maximum Gasteiger partial charge on any atom is 0.336 e. The third kappa shape index (κ3) is 4.72. The van der Waals surface area contributed by atoms with Crippen LogP contribution in [0.5, 0.6) is 5.75 Å². The molecule has 0 bridgehead atoms. The molecule has 1 rings (SSSR count). The first-order valence-corrected chi connectivity index (χ1v) is 5.99. The molecule has 4 N–H and O–H groups in total. The average molecular weight is 276 g/mol. The quantitative estimate of drug-likeness (QED) is 0.418. The van der Waals surface area contributed by atoms with Crippen LogP contribution in [0.15, 0.2) is 54.3 Å². The minimum atomic E-state index is -0.999. The smallest absolute Gasteiger partial charge is 0.336 e. The third-order valence-electron chi connectivity index (χ3n) is 2.56. The van der Waals surface area contributed by atoms with Crippen LogP contribution in [0.4, 0.5) is 0 Å². The molecule has 5 nitrogen and oxygen atoms in total. The topological polar surface area (TPSA) is 83.4 Å². The number of nitrogens with two attached hydrogens (primary N) is 1. The van der Waals surface area contributed by atoms with E-state index in [0.717, 1.165) is 11.1 Å². The second-order valence-electron chi connectivity index (χ2n) is 4.04. The van der Waals surface area contributed by atoms with Gasteiger partial charge in [0.15, 0.2) is 0 Å². The predicted octanol–water partition coefficient (Wildman–Crippen LogP) is 1.58. The number of carboxylic acid groups (broad SMARTS) is 1. The molecule has 0 aliphatic carbocycles. The number of quaternary nitrogens is 1. The van der Waals surface area contributed by atoms with Gasteiger partial charge in [0.1, 0.15) is 11.9 Å². The van der Waals surface area contributed by atoms with Crippen molar-refractivity contribution in [3.8, 4) is 5.75 Å². The second-order valence-corrected chi connectivity index (χ2v) is 4.04. The highest BCUT2D eigenvalue weighted by Gasteiger charge is 2.10. The van der Waals surface area contributed by atoms with Crippen LogP contribution in [0.1, 0.15) is 12.5 Å². The van der Waals surface area contributed by atoms with Crippen LogP contribution in [0.25, 0.3) is 5.57 Å². The number of allylic oxidation sites excluding steroid dienone is 4. The third-order valence-corrected chi connectivity index (χ3v) is 2.56. The van der Waals surface area contributed by atoms with Crippen LogP contribution in [0.3, 0.4) is 0 Å². The van der Waals surface area contributed by atoms with Crippen molar-refractivity contribution < 1.29 is 25.3 Å². The van der Waals surface area contributed by atoms with Gasteiger partial charge in [0.2, 0.25) is 0 Å². The number of carboxylic acids is 1. The van der Waals surface area contributed by atoms with Crippen molar-refractivity contribution in [2.24, 2.45) is 0 Å². The number of rotatable bonds is 6. The number of carbonyl (C=O) groups is 1. The Morgan fingerprint density at radius 3 is 2.45 bits per heavy atom. The summed E-state index contributed by atoms with van der Waals surface area (Å²) in [6.07, 6.45) is 6.36. The van der Waals surface area contributed by atoms with E-state index in [4.69, 9.17) is 9.94 Å².